The van der Waals surface area contributed by atoms with Gasteiger partial charge < -0.3 is 65.1 Å². The second kappa shape index (κ2) is 33.1. The van der Waals surface area contributed by atoms with Gasteiger partial charge in [0.2, 0.25) is 5.91 Å². The van der Waals surface area contributed by atoms with E-state index in [2.05, 4.69) is 24.4 Å². The molecule has 2 rings (SSSR count). The summed E-state index contributed by atoms with van der Waals surface area (Å²) in [7, 11) is 0. The van der Waals surface area contributed by atoms with E-state index in [4.69, 9.17) is 18.9 Å². The molecule has 2 saturated heterocycles. The van der Waals surface area contributed by atoms with Gasteiger partial charge in [0.25, 0.3) is 0 Å². The lowest BCUT2D eigenvalue weighted by Gasteiger charge is -2.46. The normalized spacial score (nSPS) is 28.7. The number of allylic oxidation sites excluding steroid dienone is 3. The van der Waals surface area contributed by atoms with Crippen LogP contribution in [0.15, 0.2) is 24.3 Å². The van der Waals surface area contributed by atoms with Gasteiger partial charge in [-0.3, -0.25) is 4.79 Å². The number of hydrogen-bond donors (Lipinski definition) is 9. The van der Waals surface area contributed by atoms with E-state index in [1.807, 2.05) is 13.0 Å². The summed E-state index contributed by atoms with van der Waals surface area (Å²) in [5, 5.41) is 85.7. The summed E-state index contributed by atoms with van der Waals surface area (Å²) in [6.45, 7) is 2.49. The molecule has 2 aliphatic rings. The van der Waals surface area contributed by atoms with Crippen molar-refractivity contribution in [2.24, 2.45) is 0 Å². The zero-order valence-corrected chi connectivity index (χ0v) is 36.2. The highest BCUT2D eigenvalue weighted by Gasteiger charge is 2.50. The molecule has 0 aliphatic carbocycles. The Labute approximate surface area is 354 Å². The van der Waals surface area contributed by atoms with Crippen molar-refractivity contribution < 1.29 is 64.6 Å². The molecule has 12 unspecified atom stereocenters. The average Bonchev–Trinajstić information content (AvgIpc) is 3.23. The summed E-state index contributed by atoms with van der Waals surface area (Å²) in [6, 6.07) is -0.922. The molecule has 0 aromatic rings. The van der Waals surface area contributed by atoms with Crippen LogP contribution in [-0.4, -0.2) is 140 Å². The maximum absolute atomic E-state index is 12.6. The molecular formula is C45H83NO13. The van der Waals surface area contributed by atoms with Gasteiger partial charge in [-0.05, 0) is 32.1 Å². The van der Waals surface area contributed by atoms with Crippen LogP contribution in [0, 0.1) is 0 Å². The van der Waals surface area contributed by atoms with Crippen LogP contribution in [0.3, 0.4) is 0 Å². The van der Waals surface area contributed by atoms with Crippen LogP contribution >= 0.6 is 0 Å². The van der Waals surface area contributed by atoms with E-state index in [0.29, 0.717) is 12.8 Å². The van der Waals surface area contributed by atoms with E-state index in [0.717, 1.165) is 19.3 Å². The SMILES string of the molecule is CCCCCCCCCCCCCCCCCCC/C=C/CC/C=C/C(O)C(COC1OC(CO)C(OC2OC(CO)C(O)C(O)C2O)C(O)C1O)NC(=O)CCCC. The first-order valence-electron chi connectivity index (χ1n) is 23.1. The first-order chi connectivity index (χ1) is 28.6. The average molecular weight is 846 g/mol. The predicted octanol–water partition coefficient (Wildman–Crippen LogP) is 4.60. The molecule has 0 radical (unpaired) electrons. The largest absolute Gasteiger partial charge is 0.394 e. The van der Waals surface area contributed by atoms with Gasteiger partial charge in [-0.1, -0.05) is 147 Å². The first kappa shape index (κ1) is 53.6. The van der Waals surface area contributed by atoms with Crippen LogP contribution in [0.1, 0.15) is 162 Å². The fraction of sp³-hybridized carbons (Fsp3) is 0.889. The topological polar surface area (TPSA) is 228 Å². The number of aliphatic hydroxyl groups is 8. The molecule has 2 fully saturated rings. The van der Waals surface area contributed by atoms with Crippen molar-refractivity contribution in [3.63, 3.8) is 0 Å². The Hall–Kier alpha value is -1.53. The molecule has 59 heavy (non-hydrogen) atoms. The van der Waals surface area contributed by atoms with Crippen LogP contribution in [0.4, 0.5) is 0 Å². The second-order valence-electron chi connectivity index (χ2n) is 16.5. The third-order valence-electron chi connectivity index (χ3n) is 11.4. The van der Waals surface area contributed by atoms with Gasteiger partial charge in [-0.2, -0.15) is 0 Å². The van der Waals surface area contributed by atoms with E-state index in [-0.39, 0.29) is 18.9 Å². The molecular weight excluding hydrogens is 762 g/mol. The molecule has 14 heteroatoms. The Morgan fingerprint density at radius 1 is 0.593 bits per heavy atom. The van der Waals surface area contributed by atoms with Crippen molar-refractivity contribution >= 4 is 5.91 Å². The number of carbonyl (C=O) groups excluding carboxylic acids is 1. The van der Waals surface area contributed by atoms with Gasteiger partial charge in [0.15, 0.2) is 12.6 Å². The maximum Gasteiger partial charge on any atom is 0.220 e. The summed E-state index contributed by atoms with van der Waals surface area (Å²) < 4.78 is 22.4. The number of unbranched alkanes of at least 4 members (excludes halogenated alkanes) is 19. The van der Waals surface area contributed by atoms with Crippen LogP contribution < -0.4 is 5.32 Å². The molecule has 2 heterocycles. The highest BCUT2D eigenvalue weighted by Crippen LogP contribution is 2.30. The van der Waals surface area contributed by atoms with E-state index in [1.165, 1.54) is 109 Å². The molecule has 1 amide bonds. The van der Waals surface area contributed by atoms with Gasteiger partial charge in [0.1, 0.15) is 48.8 Å². The number of rotatable bonds is 34. The number of nitrogens with one attached hydrogen (secondary N) is 1. The van der Waals surface area contributed by atoms with Crippen LogP contribution in [0.5, 0.6) is 0 Å². The molecule has 2 aliphatic heterocycles. The number of hydrogen-bond acceptors (Lipinski definition) is 13. The Balaban J connectivity index is 1.70. The minimum absolute atomic E-state index is 0.249. The van der Waals surface area contributed by atoms with Crippen molar-refractivity contribution in [1.82, 2.24) is 5.32 Å². The zero-order valence-electron chi connectivity index (χ0n) is 36.2. The number of amides is 1. The number of ether oxygens (including phenoxy) is 4. The lowest BCUT2D eigenvalue weighted by atomic mass is 9.97. The van der Waals surface area contributed by atoms with Gasteiger partial charge >= 0.3 is 0 Å². The summed E-state index contributed by atoms with van der Waals surface area (Å²) in [4.78, 5) is 12.6. The molecule has 12 atom stereocenters. The van der Waals surface area contributed by atoms with Gasteiger partial charge in [-0.25, -0.2) is 0 Å². The molecule has 0 saturated carbocycles. The molecule has 9 N–H and O–H groups in total. The van der Waals surface area contributed by atoms with Crippen molar-refractivity contribution in [2.75, 3.05) is 19.8 Å². The summed E-state index contributed by atoms with van der Waals surface area (Å²) in [6.07, 6.45) is 18.1. The highest BCUT2D eigenvalue weighted by atomic mass is 16.7. The molecule has 0 aromatic heterocycles. The number of carbonyl (C=O) groups is 1. The Bertz CT molecular complexity index is 1090. The van der Waals surface area contributed by atoms with E-state index < -0.39 is 86.8 Å². The third-order valence-corrected chi connectivity index (χ3v) is 11.4. The summed E-state index contributed by atoms with van der Waals surface area (Å²) in [5.74, 6) is -0.286. The maximum atomic E-state index is 12.6. The van der Waals surface area contributed by atoms with Gasteiger partial charge in [0.05, 0.1) is 32.0 Å². The summed E-state index contributed by atoms with van der Waals surface area (Å²) in [5.41, 5.74) is 0. The minimum Gasteiger partial charge on any atom is -0.394 e. The Morgan fingerprint density at radius 2 is 1.08 bits per heavy atom. The van der Waals surface area contributed by atoms with Gasteiger partial charge in [-0.15, -0.1) is 0 Å². The molecule has 346 valence electrons. The predicted molar refractivity (Wildman–Crippen MR) is 226 cm³/mol. The van der Waals surface area contributed by atoms with Gasteiger partial charge in [0, 0.05) is 6.42 Å². The van der Waals surface area contributed by atoms with Crippen LogP contribution in [0.2, 0.25) is 0 Å². The number of aliphatic hydroxyl groups excluding tert-OH is 8. The Kier molecular flexibility index (Phi) is 30.1. The minimum atomic E-state index is -1.79. The fourth-order valence-electron chi connectivity index (χ4n) is 7.52. The summed E-state index contributed by atoms with van der Waals surface area (Å²) >= 11 is 0. The van der Waals surface area contributed by atoms with Crippen molar-refractivity contribution in [1.29, 1.82) is 0 Å². The molecule has 0 aromatic carbocycles. The third kappa shape index (κ3) is 21.4. The quantitative estimate of drug-likeness (QED) is 0.0319. The Morgan fingerprint density at radius 3 is 1.64 bits per heavy atom. The van der Waals surface area contributed by atoms with Crippen molar-refractivity contribution in [2.45, 2.75) is 235 Å². The highest BCUT2D eigenvalue weighted by molar-refractivity contribution is 5.76. The van der Waals surface area contributed by atoms with E-state index >= 15 is 0 Å². The monoisotopic (exact) mass is 846 g/mol. The molecule has 0 bridgehead atoms. The van der Waals surface area contributed by atoms with Crippen LogP contribution in [0.25, 0.3) is 0 Å². The smallest absolute Gasteiger partial charge is 0.220 e. The lowest BCUT2D eigenvalue weighted by Crippen LogP contribution is -2.65. The van der Waals surface area contributed by atoms with Crippen molar-refractivity contribution in [3.05, 3.63) is 24.3 Å². The molecule has 0 spiro atoms. The van der Waals surface area contributed by atoms with Crippen molar-refractivity contribution in [3.8, 4) is 0 Å². The standard InChI is InChI=1S/C45H83NO13/c1-3-5-7-8-9-10-11-12-13-14-15-16-17-18-19-20-21-22-23-24-25-26-27-28-34(49)33(46-37(50)29-6-4-2)32-56-44-42(55)40(53)43(36(31-48)58-44)59-45-41(54)39(52)38(51)35(30-47)57-45/h23-24,27-28,33-36,38-45,47-49,51-55H,3-22,25-26,29-32H2,1-2H3,(H,46,50)/b24-23+,28-27+. The lowest BCUT2D eigenvalue weighted by molar-refractivity contribution is -0.359. The fourth-order valence-corrected chi connectivity index (χ4v) is 7.52. The van der Waals surface area contributed by atoms with E-state index in [1.54, 1.807) is 6.08 Å². The van der Waals surface area contributed by atoms with Crippen LogP contribution in [-0.2, 0) is 23.7 Å². The van der Waals surface area contributed by atoms with E-state index in [9.17, 15) is 45.6 Å². The first-order valence-corrected chi connectivity index (χ1v) is 23.1. The molecule has 14 nitrogen and oxygen atoms in total. The second-order valence-corrected chi connectivity index (χ2v) is 16.5. The zero-order chi connectivity index (χ0) is 43.3.